The van der Waals surface area contributed by atoms with Gasteiger partial charge in [-0.1, -0.05) is 24.6 Å². The Morgan fingerprint density at radius 2 is 2.21 bits per heavy atom. The number of hydrogen-bond acceptors (Lipinski definition) is 4. The number of hydrogen-bond donors (Lipinski definition) is 2. The van der Waals surface area contributed by atoms with Gasteiger partial charge in [0.05, 0.1) is 17.9 Å². The van der Waals surface area contributed by atoms with E-state index >= 15 is 0 Å². The van der Waals surface area contributed by atoms with E-state index in [-0.39, 0.29) is 17.4 Å². The molecule has 1 aliphatic heterocycles. The number of aliphatic hydroxyl groups is 1. The summed E-state index contributed by atoms with van der Waals surface area (Å²) >= 11 is 1.21. The first-order valence-corrected chi connectivity index (χ1v) is 5.93. The van der Waals surface area contributed by atoms with Gasteiger partial charge in [0, 0.05) is 0 Å². The molecule has 0 spiro atoms. The van der Waals surface area contributed by atoms with E-state index in [1.165, 1.54) is 11.8 Å². The molecule has 1 aliphatic carbocycles. The molecule has 1 saturated carbocycles. The molecule has 0 radical (unpaired) electrons. The molecule has 78 valence electrons. The molecule has 14 heavy (non-hydrogen) atoms. The van der Waals surface area contributed by atoms with Gasteiger partial charge in [0.25, 0.3) is 0 Å². The van der Waals surface area contributed by atoms with E-state index in [4.69, 9.17) is 0 Å². The molecule has 1 fully saturated rings. The third kappa shape index (κ3) is 2.27. The number of carbonyl (C=O) groups excluding carboxylic acids is 1. The fourth-order valence-electron chi connectivity index (χ4n) is 1.87. The Kier molecular flexibility index (Phi) is 3.08. The molecule has 1 amide bonds. The van der Waals surface area contributed by atoms with Crippen LogP contribution in [0.1, 0.15) is 25.7 Å². The Bertz CT molecular complexity index is 268. The number of aliphatic imine (C=N–C) groups is 1. The number of amidine groups is 1. The summed E-state index contributed by atoms with van der Waals surface area (Å²) < 4.78 is 0. The number of thioether (sulfide) groups is 1. The summed E-state index contributed by atoms with van der Waals surface area (Å²) in [6.45, 7) is 0. The average Bonchev–Trinajstić information content (AvgIpc) is 2.56. The van der Waals surface area contributed by atoms with Gasteiger partial charge in [-0.15, -0.1) is 0 Å². The molecule has 2 rings (SSSR count). The second-order valence-electron chi connectivity index (χ2n) is 3.72. The minimum Gasteiger partial charge on any atom is -0.391 e. The maximum atomic E-state index is 10.8. The molecule has 0 unspecified atom stereocenters. The number of amides is 1. The SMILES string of the molecule is O=C1N=C(N[C@@H]2CCCC[C@@H]2O)CS1. The molecule has 0 bridgehead atoms. The van der Waals surface area contributed by atoms with Crippen molar-refractivity contribution in [1.29, 1.82) is 0 Å². The Balaban J connectivity index is 1.89. The van der Waals surface area contributed by atoms with Crippen LogP contribution >= 0.6 is 11.8 Å². The van der Waals surface area contributed by atoms with E-state index in [1.807, 2.05) is 0 Å². The van der Waals surface area contributed by atoms with Crippen LogP contribution in [0.15, 0.2) is 4.99 Å². The van der Waals surface area contributed by atoms with Crippen LogP contribution in [0, 0.1) is 0 Å². The van der Waals surface area contributed by atoms with E-state index in [0.717, 1.165) is 31.5 Å². The molecular formula is C9H14N2O2S. The van der Waals surface area contributed by atoms with Crippen LogP contribution in [0.25, 0.3) is 0 Å². The molecular weight excluding hydrogens is 200 g/mol. The second kappa shape index (κ2) is 4.31. The highest BCUT2D eigenvalue weighted by Crippen LogP contribution is 2.20. The van der Waals surface area contributed by atoms with Crippen LogP contribution in [-0.2, 0) is 0 Å². The van der Waals surface area contributed by atoms with Crippen LogP contribution in [0.2, 0.25) is 0 Å². The lowest BCUT2D eigenvalue weighted by Crippen LogP contribution is -2.45. The highest BCUT2D eigenvalue weighted by molar-refractivity contribution is 8.14. The number of rotatable bonds is 1. The number of carbonyl (C=O) groups is 1. The lowest BCUT2D eigenvalue weighted by molar-refractivity contribution is 0.0998. The predicted octanol–water partition coefficient (Wildman–Crippen LogP) is 1.14. The summed E-state index contributed by atoms with van der Waals surface area (Å²) in [4.78, 5) is 14.7. The Morgan fingerprint density at radius 1 is 1.43 bits per heavy atom. The first-order chi connectivity index (χ1) is 6.75. The first kappa shape index (κ1) is 9.98. The molecule has 2 atom stereocenters. The van der Waals surface area contributed by atoms with Crippen molar-refractivity contribution in [3.8, 4) is 0 Å². The highest BCUT2D eigenvalue weighted by atomic mass is 32.2. The molecule has 0 aromatic heterocycles. The average molecular weight is 214 g/mol. The van der Waals surface area contributed by atoms with Crippen molar-refractivity contribution in [1.82, 2.24) is 5.32 Å². The van der Waals surface area contributed by atoms with E-state index in [9.17, 15) is 9.90 Å². The van der Waals surface area contributed by atoms with E-state index in [1.54, 1.807) is 0 Å². The topological polar surface area (TPSA) is 61.7 Å². The van der Waals surface area contributed by atoms with Crippen LogP contribution < -0.4 is 5.32 Å². The number of nitrogens with zero attached hydrogens (tertiary/aromatic N) is 1. The number of nitrogens with one attached hydrogen (secondary N) is 1. The van der Waals surface area contributed by atoms with E-state index in [0.29, 0.717) is 5.75 Å². The van der Waals surface area contributed by atoms with Gasteiger partial charge in [-0.2, -0.15) is 4.99 Å². The number of aliphatic hydroxyl groups excluding tert-OH is 1. The van der Waals surface area contributed by atoms with Crippen molar-refractivity contribution < 1.29 is 9.90 Å². The first-order valence-electron chi connectivity index (χ1n) is 4.94. The van der Waals surface area contributed by atoms with E-state index in [2.05, 4.69) is 10.3 Å². The van der Waals surface area contributed by atoms with Crippen molar-refractivity contribution in [3.05, 3.63) is 0 Å². The summed E-state index contributed by atoms with van der Waals surface area (Å²) in [5.74, 6) is 1.35. The van der Waals surface area contributed by atoms with E-state index < -0.39 is 0 Å². The Hall–Kier alpha value is -0.550. The van der Waals surface area contributed by atoms with Gasteiger partial charge < -0.3 is 10.4 Å². The van der Waals surface area contributed by atoms with Crippen LogP contribution in [0.4, 0.5) is 4.79 Å². The minimum absolute atomic E-state index is 0.0917. The van der Waals surface area contributed by atoms with Crippen molar-refractivity contribution in [2.24, 2.45) is 4.99 Å². The fourth-order valence-corrected chi connectivity index (χ4v) is 2.46. The van der Waals surface area contributed by atoms with Crippen molar-refractivity contribution in [3.63, 3.8) is 0 Å². The van der Waals surface area contributed by atoms with Gasteiger partial charge in [-0.25, -0.2) is 0 Å². The smallest absolute Gasteiger partial charge is 0.306 e. The Labute approximate surface area is 87.2 Å². The standard InChI is InChI=1S/C9H14N2O2S/c12-7-4-2-1-3-6(7)10-8-5-14-9(13)11-8/h6-7,12H,1-5H2,(H,10,11,13)/t6-,7+/m1/s1. The summed E-state index contributed by atoms with van der Waals surface area (Å²) in [7, 11) is 0. The monoisotopic (exact) mass is 214 g/mol. The fraction of sp³-hybridized carbons (Fsp3) is 0.778. The van der Waals surface area contributed by atoms with Gasteiger partial charge in [0.2, 0.25) is 0 Å². The van der Waals surface area contributed by atoms with Crippen molar-refractivity contribution in [2.45, 2.75) is 37.8 Å². The quantitative estimate of drug-likeness (QED) is 0.687. The van der Waals surface area contributed by atoms with Gasteiger partial charge >= 0.3 is 5.24 Å². The highest BCUT2D eigenvalue weighted by Gasteiger charge is 2.25. The molecule has 2 aliphatic rings. The van der Waals surface area contributed by atoms with Crippen molar-refractivity contribution in [2.75, 3.05) is 5.75 Å². The van der Waals surface area contributed by atoms with Crippen molar-refractivity contribution >= 4 is 22.8 Å². The minimum atomic E-state index is -0.285. The summed E-state index contributed by atoms with van der Waals surface area (Å²) in [5.41, 5.74) is 0. The van der Waals surface area contributed by atoms with Gasteiger partial charge in [0.1, 0.15) is 5.84 Å². The van der Waals surface area contributed by atoms with Gasteiger partial charge in [-0.3, -0.25) is 4.79 Å². The summed E-state index contributed by atoms with van der Waals surface area (Å²) in [6.07, 6.45) is 3.78. The predicted molar refractivity (Wildman–Crippen MR) is 56.7 cm³/mol. The molecule has 0 aromatic carbocycles. The third-order valence-corrected chi connectivity index (χ3v) is 3.40. The molecule has 2 N–H and O–H groups in total. The van der Waals surface area contributed by atoms with Gasteiger partial charge in [-0.05, 0) is 12.8 Å². The third-order valence-electron chi connectivity index (χ3n) is 2.64. The largest absolute Gasteiger partial charge is 0.391 e. The second-order valence-corrected chi connectivity index (χ2v) is 4.64. The zero-order valence-electron chi connectivity index (χ0n) is 7.90. The lowest BCUT2D eigenvalue weighted by Gasteiger charge is -2.28. The van der Waals surface area contributed by atoms with Crippen LogP contribution in [-0.4, -0.2) is 34.1 Å². The lowest BCUT2D eigenvalue weighted by atomic mass is 9.92. The van der Waals surface area contributed by atoms with Crippen LogP contribution in [0.5, 0.6) is 0 Å². The molecule has 0 saturated heterocycles. The normalized spacial score (nSPS) is 32.9. The van der Waals surface area contributed by atoms with Crippen LogP contribution in [0.3, 0.4) is 0 Å². The maximum Gasteiger partial charge on any atom is 0.306 e. The zero-order valence-corrected chi connectivity index (χ0v) is 8.72. The Morgan fingerprint density at radius 3 is 2.86 bits per heavy atom. The summed E-state index contributed by atoms with van der Waals surface area (Å²) in [5, 5.41) is 12.7. The molecule has 5 heteroatoms. The molecule has 1 heterocycles. The zero-order chi connectivity index (χ0) is 9.97. The maximum absolute atomic E-state index is 10.8. The molecule has 4 nitrogen and oxygen atoms in total. The summed E-state index contributed by atoms with van der Waals surface area (Å²) in [6, 6.07) is 0.0917. The molecule has 0 aromatic rings. The van der Waals surface area contributed by atoms with Gasteiger partial charge in [0.15, 0.2) is 0 Å².